The number of fused-ring (bicyclic) bond motifs is 1. The molecule has 0 atom stereocenters. The highest BCUT2D eigenvalue weighted by molar-refractivity contribution is 8.27. The van der Waals surface area contributed by atoms with Crippen molar-refractivity contribution in [3.05, 3.63) is 120 Å². The number of thioether (sulfide) groups is 1. The summed E-state index contributed by atoms with van der Waals surface area (Å²) in [7, 11) is 1.75. The molecule has 1 saturated heterocycles. The molecule has 43 heavy (non-hydrogen) atoms. The average molecular weight is 610 g/mol. The van der Waals surface area contributed by atoms with Gasteiger partial charge in [0.25, 0.3) is 17.0 Å². The van der Waals surface area contributed by atoms with Gasteiger partial charge in [0.15, 0.2) is 4.32 Å². The molecule has 0 aliphatic carbocycles. The molecule has 0 unspecified atom stereocenters. The predicted octanol–water partition coefficient (Wildman–Crippen LogP) is 5.62. The molecule has 1 aliphatic heterocycles. The van der Waals surface area contributed by atoms with Gasteiger partial charge in [0.2, 0.25) is 5.88 Å². The Hall–Kier alpha value is -4.74. The minimum atomic E-state index is -0.507. The number of pyridine rings is 1. The van der Waals surface area contributed by atoms with Gasteiger partial charge in [-0.2, -0.15) is 4.98 Å². The van der Waals surface area contributed by atoms with E-state index in [0.29, 0.717) is 22.8 Å². The van der Waals surface area contributed by atoms with Crippen LogP contribution < -0.4 is 20.8 Å². The smallest absolute Gasteiger partial charge is 0.296 e. The van der Waals surface area contributed by atoms with Crippen molar-refractivity contribution in [2.45, 2.75) is 27.7 Å². The summed E-state index contributed by atoms with van der Waals surface area (Å²) in [6, 6.07) is 18.5. The zero-order valence-corrected chi connectivity index (χ0v) is 25.7. The number of thiocarbonyl (C=S) groups is 1. The summed E-state index contributed by atoms with van der Waals surface area (Å²) in [6.07, 6.45) is 3.08. The molecule has 5 aromatic rings. The largest absolute Gasteiger partial charge is 0.438 e. The Morgan fingerprint density at radius 1 is 0.907 bits per heavy atom. The molecule has 216 valence electrons. The number of aryl methyl sites for hydroxylation is 3. The number of nitrogens with zero attached hydrogens (tertiary/aromatic N) is 5. The molecule has 0 radical (unpaired) electrons. The molecule has 1 amide bonds. The maximum atomic E-state index is 13.9. The second-order valence-corrected chi connectivity index (χ2v) is 12.0. The zero-order valence-electron chi connectivity index (χ0n) is 24.1. The number of hydrogen-bond acceptors (Lipinski definition) is 7. The Labute approximate surface area is 256 Å². The van der Waals surface area contributed by atoms with Gasteiger partial charge in [-0.1, -0.05) is 65.9 Å². The van der Waals surface area contributed by atoms with Crippen LogP contribution in [0.1, 0.15) is 27.9 Å². The number of anilines is 1. The molecule has 0 spiro atoms. The van der Waals surface area contributed by atoms with Crippen molar-refractivity contribution >= 4 is 51.6 Å². The lowest BCUT2D eigenvalue weighted by atomic mass is 10.1. The molecule has 6 rings (SSSR count). The summed E-state index contributed by atoms with van der Waals surface area (Å²) in [5.41, 5.74) is 3.86. The van der Waals surface area contributed by atoms with Crippen molar-refractivity contribution in [2.75, 3.05) is 4.90 Å². The van der Waals surface area contributed by atoms with Crippen molar-refractivity contribution in [3.8, 4) is 17.3 Å². The maximum absolute atomic E-state index is 13.9. The molecule has 0 bridgehead atoms. The van der Waals surface area contributed by atoms with Crippen LogP contribution in [0.3, 0.4) is 0 Å². The third kappa shape index (κ3) is 4.80. The minimum absolute atomic E-state index is 0.0684. The van der Waals surface area contributed by atoms with Crippen molar-refractivity contribution in [3.63, 3.8) is 0 Å². The van der Waals surface area contributed by atoms with Gasteiger partial charge in [-0.05, 0) is 69.2 Å². The summed E-state index contributed by atoms with van der Waals surface area (Å²) >= 11 is 6.63. The molecular formula is C32H27N5O4S2. The van der Waals surface area contributed by atoms with Crippen LogP contribution in [0.25, 0.3) is 17.4 Å². The van der Waals surface area contributed by atoms with Crippen molar-refractivity contribution < 1.29 is 9.53 Å². The van der Waals surface area contributed by atoms with E-state index in [1.54, 1.807) is 30.9 Å². The lowest BCUT2D eigenvalue weighted by Gasteiger charge is -2.13. The van der Waals surface area contributed by atoms with Crippen LogP contribution in [0, 0.1) is 27.7 Å². The number of hydrogen-bond donors (Lipinski definition) is 0. The zero-order chi connectivity index (χ0) is 30.6. The van der Waals surface area contributed by atoms with Gasteiger partial charge in [-0.25, -0.2) is 4.68 Å². The van der Waals surface area contributed by atoms with Crippen LogP contribution >= 0.6 is 24.0 Å². The van der Waals surface area contributed by atoms with Crippen molar-refractivity contribution in [1.29, 1.82) is 0 Å². The van der Waals surface area contributed by atoms with Gasteiger partial charge in [-0.3, -0.25) is 28.4 Å². The van der Waals surface area contributed by atoms with E-state index in [4.69, 9.17) is 21.9 Å². The Kier molecular flexibility index (Phi) is 7.15. The molecular weight excluding hydrogens is 583 g/mol. The summed E-state index contributed by atoms with van der Waals surface area (Å²) in [4.78, 5) is 47.5. The quantitative estimate of drug-likeness (QED) is 0.189. The first-order chi connectivity index (χ1) is 20.6. The topological polar surface area (TPSA) is 90.8 Å². The number of aromatic nitrogens is 4. The Morgan fingerprint density at radius 2 is 1.65 bits per heavy atom. The summed E-state index contributed by atoms with van der Waals surface area (Å²) in [6.45, 7) is 7.52. The number of rotatable bonds is 5. The van der Waals surface area contributed by atoms with Crippen molar-refractivity contribution in [1.82, 2.24) is 18.7 Å². The third-order valence-electron chi connectivity index (χ3n) is 7.40. The van der Waals surface area contributed by atoms with E-state index in [0.717, 1.165) is 28.5 Å². The van der Waals surface area contributed by atoms with Gasteiger partial charge < -0.3 is 4.74 Å². The van der Waals surface area contributed by atoms with E-state index in [-0.39, 0.29) is 31.9 Å². The van der Waals surface area contributed by atoms with Crippen LogP contribution in [-0.2, 0) is 11.8 Å². The highest BCUT2D eigenvalue weighted by Crippen LogP contribution is 2.37. The molecule has 1 fully saturated rings. The van der Waals surface area contributed by atoms with Gasteiger partial charge in [-0.15, -0.1) is 0 Å². The number of amides is 1. The fourth-order valence-electron chi connectivity index (χ4n) is 5.11. The van der Waals surface area contributed by atoms with E-state index in [9.17, 15) is 14.4 Å². The normalized spacial score (nSPS) is 14.3. The van der Waals surface area contributed by atoms with Crippen molar-refractivity contribution in [2.24, 2.45) is 7.05 Å². The standard InChI is InChI=1S/C32H27N5O4S2/c1-18-13-14-24(20(3)16-18)41-28-23(29(38)35-15-9-10-19(2)27(35)33-28)17-25-30(39)36(32(42)43-25)26-21(4)34(5)37(31(26)40)22-11-7-6-8-12-22/h6-17H,1-5H3/b25-17+. The first kappa shape index (κ1) is 28.4. The van der Waals surface area contributed by atoms with Gasteiger partial charge in [0.1, 0.15) is 22.6 Å². The number of carbonyl (C=O) groups excluding carboxylic acids is 1. The molecule has 3 aromatic heterocycles. The number of carbonyl (C=O) groups is 1. The fraction of sp³-hybridized carbons (Fsp3) is 0.156. The van der Waals surface area contributed by atoms with E-state index in [1.165, 1.54) is 20.1 Å². The maximum Gasteiger partial charge on any atom is 0.296 e. The van der Waals surface area contributed by atoms with E-state index in [2.05, 4.69) is 0 Å². The van der Waals surface area contributed by atoms with Crippen LogP contribution in [0.15, 0.2) is 81.4 Å². The lowest BCUT2D eigenvalue weighted by molar-refractivity contribution is -0.113. The van der Waals surface area contributed by atoms with Gasteiger partial charge in [0, 0.05) is 13.2 Å². The third-order valence-corrected chi connectivity index (χ3v) is 8.71. The van der Waals surface area contributed by atoms with Gasteiger partial charge >= 0.3 is 0 Å². The fourth-order valence-corrected chi connectivity index (χ4v) is 6.37. The molecule has 1 aliphatic rings. The highest BCUT2D eigenvalue weighted by atomic mass is 32.2. The Balaban J connectivity index is 1.48. The number of benzene rings is 2. The predicted molar refractivity (Wildman–Crippen MR) is 174 cm³/mol. The lowest BCUT2D eigenvalue weighted by Crippen LogP contribution is -2.33. The van der Waals surface area contributed by atoms with Crippen LogP contribution in [0.2, 0.25) is 0 Å². The first-order valence-electron chi connectivity index (χ1n) is 13.5. The van der Waals surface area contributed by atoms with Gasteiger partial charge in [0.05, 0.1) is 16.3 Å². The number of ether oxygens (including phenoxy) is 1. The number of para-hydroxylation sites is 1. The summed E-state index contributed by atoms with van der Waals surface area (Å²) in [5, 5.41) is 0. The summed E-state index contributed by atoms with van der Waals surface area (Å²) in [5.74, 6) is 0.102. The SMILES string of the molecule is Cc1ccc(Oc2nc3c(C)cccn3c(=O)c2/C=C2/SC(=S)N(c3c(C)n(C)n(-c4ccccc4)c3=O)C2=O)c(C)c1. The first-order valence-corrected chi connectivity index (χ1v) is 14.7. The molecule has 4 heterocycles. The second-order valence-electron chi connectivity index (χ2n) is 10.3. The van der Waals surface area contributed by atoms with E-state index >= 15 is 0 Å². The Bertz CT molecular complexity index is 2130. The van der Waals surface area contributed by atoms with E-state index < -0.39 is 11.5 Å². The molecule has 2 aromatic carbocycles. The molecule has 0 N–H and O–H groups in total. The monoisotopic (exact) mass is 609 g/mol. The average Bonchev–Trinajstić information content (AvgIpc) is 3.37. The molecule has 0 saturated carbocycles. The minimum Gasteiger partial charge on any atom is -0.438 e. The Morgan fingerprint density at radius 3 is 2.37 bits per heavy atom. The van der Waals surface area contributed by atoms with Crippen LogP contribution in [-0.4, -0.2) is 29.0 Å². The highest BCUT2D eigenvalue weighted by Gasteiger charge is 2.38. The molecule has 11 heteroatoms. The molecule has 9 nitrogen and oxygen atoms in total. The van der Waals surface area contributed by atoms with Crippen LogP contribution in [0.5, 0.6) is 11.6 Å². The second kappa shape index (κ2) is 10.8. The van der Waals surface area contributed by atoms with E-state index in [1.807, 2.05) is 75.4 Å². The van der Waals surface area contributed by atoms with Crippen LogP contribution in [0.4, 0.5) is 5.69 Å². The summed E-state index contributed by atoms with van der Waals surface area (Å²) < 4.78 is 11.0.